The smallest absolute Gasteiger partial charge is 0.264 e. The van der Waals surface area contributed by atoms with Crippen molar-refractivity contribution in [3.8, 4) is 11.5 Å². The molecule has 11 heteroatoms. The van der Waals surface area contributed by atoms with Crippen molar-refractivity contribution in [2.45, 2.75) is 37.2 Å². The Bertz CT molecular complexity index is 1700. The van der Waals surface area contributed by atoms with Gasteiger partial charge < -0.3 is 19.7 Å². The fraction of sp³-hybridized carbons (Fsp3) is 0.257. The molecule has 0 heterocycles. The first-order valence-electron chi connectivity index (χ1n) is 14.8. The maximum Gasteiger partial charge on any atom is 0.264 e. The molecule has 0 radical (unpaired) electrons. The van der Waals surface area contributed by atoms with Crippen LogP contribution in [0.4, 0.5) is 10.1 Å². The topological polar surface area (TPSA) is 105 Å². The van der Waals surface area contributed by atoms with Crippen LogP contribution in [0, 0.1) is 5.82 Å². The van der Waals surface area contributed by atoms with Gasteiger partial charge in [0.1, 0.15) is 18.4 Å². The molecule has 0 aliphatic heterocycles. The number of rotatable bonds is 15. The van der Waals surface area contributed by atoms with E-state index < -0.39 is 34.3 Å². The van der Waals surface area contributed by atoms with Gasteiger partial charge in [0.2, 0.25) is 11.8 Å². The molecule has 0 aromatic heterocycles. The van der Waals surface area contributed by atoms with Crippen LogP contribution < -0.4 is 19.1 Å². The zero-order valence-electron chi connectivity index (χ0n) is 26.1. The molecule has 4 aromatic rings. The van der Waals surface area contributed by atoms with Gasteiger partial charge >= 0.3 is 0 Å². The Morgan fingerprint density at radius 3 is 2.02 bits per heavy atom. The highest BCUT2D eigenvalue weighted by atomic mass is 32.2. The van der Waals surface area contributed by atoms with Gasteiger partial charge in [0.05, 0.1) is 24.8 Å². The number of benzene rings is 4. The second-order valence-electron chi connectivity index (χ2n) is 10.5. The number of nitrogens with zero attached hydrogens (tertiary/aromatic N) is 2. The summed E-state index contributed by atoms with van der Waals surface area (Å²) in [5, 5.41) is 2.91. The van der Waals surface area contributed by atoms with Crippen molar-refractivity contribution >= 4 is 27.5 Å². The molecule has 242 valence electrons. The average Bonchev–Trinajstić information content (AvgIpc) is 3.08. The van der Waals surface area contributed by atoms with E-state index in [0.29, 0.717) is 18.7 Å². The zero-order chi connectivity index (χ0) is 33.1. The standard InChI is InChI=1S/C35H38FN3O6S/c1-4-21-37-35(41)31(22-26-11-7-5-8-12-26)38(24-27-13-9-6-10-14-27)34(40)25-39(29-17-15-28(36)16-18-29)46(42,43)30-19-20-32(44-2)33(23-30)45-3/h5-20,23,31H,4,21-22,24-25H2,1-3H3,(H,37,41)/t31-/m1/s1. The van der Waals surface area contributed by atoms with Crippen molar-refractivity contribution in [3.05, 3.63) is 120 Å². The number of hydrogen-bond donors (Lipinski definition) is 1. The van der Waals surface area contributed by atoms with Gasteiger partial charge in [-0.1, -0.05) is 67.6 Å². The summed E-state index contributed by atoms with van der Waals surface area (Å²) in [7, 11) is -1.61. The number of sulfonamides is 1. The molecule has 4 aromatic carbocycles. The van der Waals surface area contributed by atoms with Gasteiger partial charge in [-0.25, -0.2) is 12.8 Å². The number of ether oxygens (including phenoxy) is 2. The maximum absolute atomic E-state index is 14.4. The quantitative estimate of drug-likeness (QED) is 0.190. The van der Waals surface area contributed by atoms with E-state index in [1.807, 2.05) is 67.6 Å². The first kappa shape index (κ1) is 34.0. The normalized spacial score (nSPS) is 11.7. The Balaban J connectivity index is 1.80. The van der Waals surface area contributed by atoms with Gasteiger partial charge in [0.25, 0.3) is 10.0 Å². The Morgan fingerprint density at radius 1 is 0.826 bits per heavy atom. The van der Waals surface area contributed by atoms with Crippen molar-refractivity contribution in [2.24, 2.45) is 0 Å². The third-order valence-electron chi connectivity index (χ3n) is 7.35. The molecule has 0 aliphatic carbocycles. The van der Waals surface area contributed by atoms with E-state index >= 15 is 0 Å². The highest BCUT2D eigenvalue weighted by Gasteiger charge is 2.35. The van der Waals surface area contributed by atoms with Gasteiger partial charge in [-0.15, -0.1) is 0 Å². The molecular formula is C35H38FN3O6S. The minimum absolute atomic E-state index is 0.0460. The summed E-state index contributed by atoms with van der Waals surface area (Å²) < 4.78 is 53.9. The van der Waals surface area contributed by atoms with E-state index in [1.54, 1.807) is 0 Å². The van der Waals surface area contributed by atoms with Gasteiger partial charge in [-0.2, -0.15) is 0 Å². The lowest BCUT2D eigenvalue weighted by Crippen LogP contribution is -2.53. The Morgan fingerprint density at radius 2 is 1.43 bits per heavy atom. The number of halogens is 1. The van der Waals surface area contributed by atoms with E-state index in [2.05, 4.69) is 5.32 Å². The number of hydrogen-bond acceptors (Lipinski definition) is 6. The lowest BCUT2D eigenvalue weighted by molar-refractivity contribution is -0.140. The third-order valence-corrected chi connectivity index (χ3v) is 9.12. The van der Waals surface area contributed by atoms with Crippen molar-refractivity contribution in [1.82, 2.24) is 10.2 Å². The summed E-state index contributed by atoms with van der Waals surface area (Å²) >= 11 is 0. The van der Waals surface area contributed by atoms with Crippen molar-refractivity contribution in [1.29, 1.82) is 0 Å². The van der Waals surface area contributed by atoms with Crippen LogP contribution >= 0.6 is 0 Å². The van der Waals surface area contributed by atoms with Gasteiger partial charge in [-0.05, 0) is 53.9 Å². The highest BCUT2D eigenvalue weighted by molar-refractivity contribution is 7.92. The molecule has 0 saturated heterocycles. The Labute approximate surface area is 269 Å². The van der Waals surface area contributed by atoms with Gasteiger partial charge in [0.15, 0.2) is 11.5 Å². The fourth-order valence-electron chi connectivity index (χ4n) is 4.94. The van der Waals surface area contributed by atoms with Crippen LogP contribution in [0.1, 0.15) is 24.5 Å². The van der Waals surface area contributed by atoms with E-state index in [0.717, 1.165) is 27.6 Å². The number of methoxy groups -OCH3 is 2. The summed E-state index contributed by atoms with van der Waals surface area (Å²) in [6.07, 6.45) is 0.895. The van der Waals surface area contributed by atoms with Crippen LogP contribution in [0.3, 0.4) is 0 Å². The maximum atomic E-state index is 14.4. The lowest BCUT2D eigenvalue weighted by atomic mass is 10.0. The molecule has 1 N–H and O–H groups in total. The molecule has 0 unspecified atom stereocenters. The fourth-order valence-corrected chi connectivity index (χ4v) is 6.37. The van der Waals surface area contributed by atoms with Crippen LogP contribution in [0.25, 0.3) is 0 Å². The van der Waals surface area contributed by atoms with Crippen molar-refractivity contribution in [2.75, 3.05) is 31.6 Å². The molecule has 0 saturated carbocycles. The molecule has 9 nitrogen and oxygen atoms in total. The van der Waals surface area contributed by atoms with Crippen LogP contribution in [0.5, 0.6) is 11.5 Å². The van der Waals surface area contributed by atoms with Crippen LogP contribution in [0.2, 0.25) is 0 Å². The molecule has 46 heavy (non-hydrogen) atoms. The predicted octanol–water partition coefficient (Wildman–Crippen LogP) is 5.20. The molecule has 0 aliphatic rings. The molecule has 0 spiro atoms. The van der Waals surface area contributed by atoms with E-state index in [-0.39, 0.29) is 35.2 Å². The SMILES string of the molecule is CCCNC(=O)[C@@H](Cc1ccccc1)N(Cc1ccccc1)C(=O)CN(c1ccc(F)cc1)S(=O)(=O)c1ccc(OC)c(OC)c1. The van der Waals surface area contributed by atoms with Gasteiger partial charge in [-0.3, -0.25) is 13.9 Å². The van der Waals surface area contributed by atoms with E-state index in [1.165, 1.54) is 49.5 Å². The van der Waals surface area contributed by atoms with E-state index in [4.69, 9.17) is 9.47 Å². The second-order valence-corrected chi connectivity index (χ2v) is 12.4. The Kier molecular flexibility index (Phi) is 11.7. The lowest BCUT2D eigenvalue weighted by Gasteiger charge is -2.34. The molecule has 2 amide bonds. The van der Waals surface area contributed by atoms with Crippen LogP contribution in [0.15, 0.2) is 108 Å². The summed E-state index contributed by atoms with van der Waals surface area (Å²) in [6, 6.07) is 26.4. The largest absolute Gasteiger partial charge is 0.493 e. The number of nitrogens with one attached hydrogen (secondary N) is 1. The Hall–Kier alpha value is -4.90. The molecule has 4 rings (SSSR count). The number of anilines is 1. The van der Waals surface area contributed by atoms with Gasteiger partial charge in [0, 0.05) is 25.6 Å². The molecule has 0 bridgehead atoms. The number of carbonyl (C=O) groups is 2. The van der Waals surface area contributed by atoms with Crippen LogP contribution in [-0.2, 0) is 32.6 Å². The zero-order valence-corrected chi connectivity index (χ0v) is 26.9. The molecule has 0 fully saturated rings. The monoisotopic (exact) mass is 647 g/mol. The molecular weight excluding hydrogens is 609 g/mol. The number of carbonyl (C=O) groups excluding carboxylic acids is 2. The minimum Gasteiger partial charge on any atom is -0.493 e. The third kappa shape index (κ3) is 8.42. The van der Waals surface area contributed by atoms with Crippen molar-refractivity contribution in [3.63, 3.8) is 0 Å². The van der Waals surface area contributed by atoms with E-state index in [9.17, 15) is 22.4 Å². The summed E-state index contributed by atoms with van der Waals surface area (Å²) in [4.78, 5) is 29.4. The number of amides is 2. The first-order chi connectivity index (χ1) is 22.2. The molecule has 1 atom stereocenters. The average molecular weight is 648 g/mol. The summed E-state index contributed by atoms with van der Waals surface area (Å²) in [5.74, 6) is -1.05. The summed E-state index contributed by atoms with van der Waals surface area (Å²) in [6.45, 7) is 1.72. The highest BCUT2D eigenvalue weighted by Crippen LogP contribution is 2.32. The van der Waals surface area contributed by atoms with Crippen molar-refractivity contribution < 1.29 is 31.9 Å². The van der Waals surface area contributed by atoms with Crippen LogP contribution in [-0.4, -0.2) is 58.5 Å². The second kappa shape index (κ2) is 15.9. The first-order valence-corrected chi connectivity index (χ1v) is 16.3. The summed E-state index contributed by atoms with van der Waals surface area (Å²) in [5.41, 5.74) is 1.66. The predicted molar refractivity (Wildman–Crippen MR) is 175 cm³/mol. The minimum atomic E-state index is -4.42.